The van der Waals surface area contributed by atoms with E-state index in [0.29, 0.717) is 6.54 Å². The molecule has 4 heteroatoms. The first kappa shape index (κ1) is 12.9. The fourth-order valence-electron chi connectivity index (χ4n) is 2.51. The van der Waals surface area contributed by atoms with Crippen molar-refractivity contribution in [3.8, 4) is 0 Å². The maximum Gasteiger partial charge on any atom is 0.322 e. The maximum absolute atomic E-state index is 11.1. The van der Waals surface area contributed by atoms with Crippen LogP contribution in [0.1, 0.15) is 17.5 Å². The lowest BCUT2D eigenvalue weighted by Crippen LogP contribution is -2.46. The number of carboxylic acid groups (broad SMARTS) is 1. The first-order valence-electron chi connectivity index (χ1n) is 6.36. The van der Waals surface area contributed by atoms with E-state index < -0.39 is 12.0 Å². The van der Waals surface area contributed by atoms with Crippen LogP contribution in [0, 0.1) is 6.92 Å². The van der Waals surface area contributed by atoms with Crippen LogP contribution < -0.4 is 10.2 Å². The summed E-state index contributed by atoms with van der Waals surface area (Å²) in [5.41, 5.74) is 3.79. The molecule has 4 nitrogen and oxygen atoms in total. The lowest BCUT2D eigenvalue weighted by Gasteiger charge is -2.33. The molecule has 0 spiro atoms. The Bertz CT molecular complexity index is 445. The summed E-state index contributed by atoms with van der Waals surface area (Å²) in [4.78, 5) is 13.3. The quantitative estimate of drug-likeness (QED) is 0.846. The number of carboxylic acids is 1. The van der Waals surface area contributed by atoms with Crippen LogP contribution >= 0.6 is 0 Å². The fourth-order valence-corrected chi connectivity index (χ4v) is 2.51. The molecule has 1 heterocycles. The molecular formula is C14H20N2O2. The van der Waals surface area contributed by atoms with Gasteiger partial charge in [-0.05, 0) is 38.4 Å². The van der Waals surface area contributed by atoms with E-state index in [9.17, 15) is 4.79 Å². The van der Waals surface area contributed by atoms with Crippen LogP contribution in [0.4, 0.5) is 5.69 Å². The Hall–Kier alpha value is -1.55. The van der Waals surface area contributed by atoms with Gasteiger partial charge in [-0.3, -0.25) is 4.79 Å². The molecular weight excluding hydrogens is 228 g/mol. The zero-order valence-electron chi connectivity index (χ0n) is 10.9. The average Bonchev–Trinajstić information content (AvgIpc) is 2.35. The highest BCUT2D eigenvalue weighted by Crippen LogP contribution is 2.27. The van der Waals surface area contributed by atoms with Gasteiger partial charge in [-0.1, -0.05) is 17.7 Å². The van der Waals surface area contributed by atoms with Crippen molar-refractivity contribution in [2.45, 2.75) is 25.8 Å². The average molecular weight is 248 g/mol. The summed E-state index contributed by atoms with van der Waals surface area (Å²) < 4.78 is 0. The molecule has 0 fully saturated rings. The first-order chi connectivity index (χ1) is 8.61. The molecule has 0 saturated carbocycles. The summed E-state index contributed by atoms with van der Waals surface area (Å²) in [6, 6.07) is 5.89. The molecule has 0 radical (unpaired) electrons. The zero-order chi connectivity index (χ0) is 13.1. The van der Waals surface area contributed by atoms with E-state index in [1.807, 2.05) is 0 Å². The number of anilines is 1. The van der Waals surface area contributed by atoms with E-state index in [-0.39, 0.29) is 0 Å². The van der Waals surface area contributed by atoms with E-state index in [2.05, 4.69) is 35.3 Å². The molecule has 0 amide bonds. The maximum atomic E-state index is 11.1. The number of aryl methyl sites for hydroxylation is 2. The van der Waals surface area contributed by atoms with Crippen molar-refractivity contribution in [1.29, 1.82) is 0 Å². The summed E-state index contributed by atoms with van der Waals surface area (Å²) in [5.74, 6) is -0.795. The van der Waals surface area contributed by atoms with Gasteiger partial charge in [-0.25, -0.2) is 0 Å². The smallest absolute Gasteiger partial charge is 0.322 e. The Kier molecular flexibility index (Phi) is 3.87. The second-order valence-corrected chi connectivity index (χ2v) is 4.86. The van der Waals surface area contributed by atoms with Crippen molar-refractivity contribution in [3.05, 3.63) is 29.3 Å². The minimum atomic E-state index is -0.795. The van der Waals surface area contributed by atoms with Gasteiger partial charge in [0.2, 0.25) is 0 Å². The van der Waals surface area contributed by atoms with Crippen molar-refractivity contribution in [1.82, 2.24) is 5.32 Å². The van der Waals surface area contributed by atoms with Crippen LogP contribution in [-0.4, -0.2) is 37.3 Å². The number of hydrogen-bond acceptors (Lipinski definition) is 3. The van der Waals surface area contributed by atoms with Gasteiger partial charge >= 0.3 is 5.97 Å². The van der Waals surface area contributed by atoms with Gasteiger partial charge in [0, 0.05) is 18.8 Å². The lowest BCUT2D eigenvalue weighted by atomic mass is 9.99. The van der Waals surface area contributed by atoms with E-state index in [1.165, 1.54) is 16.8 Å². The molecule has 1 aromatic carbocycles. The Morgan fingerprint density at radius 2 is 2.33 bits per heavy atom. The Balaban J connectivity index is 2.19. The Morgan fingerprint density at radius 1 is 1.56 bits per heavy atom. The minimum Gasteiger partial charge on any atom is -0.480 e. The number of nitrogens with zero attached hydrogens (tertiary/aromatic N) is 1. The largest absolute Gasteiger partial charge is 0.480 e. The molecule has 1 aliphatic rings. The van der Waals surface area contributed by atoms with Crippen molar-refractivity contribution < 1.29 is 9.90 Å². The van der Waals surface area contributed by atoms with Gasteiger partial charge in [-0.2, -0.15) is 0 Å². The summed E-state index contributed by atoms with van der Waals surface area (Å²) in [6.45, 7) is 3.54. The molecule has 0 aromatic heterocycles. The number of hydrogen-bond donors (Lipinski definition) is 2. The number of benzene rings is 1. The highest BCUT2D eigenvalue weighted by atomic mass is 16.4. The number of rotatable bonds is 4. The third kappa shape index (κ3) is 2.64. The number of fused-ring (bicyclic) bond motifs is 1. The lowest BCUT2D eigenvalue weighted by molar-refractivity contribution is -0.139. The van der Waals surface area contributed by atoms with E-state index in [4.69, 9.17) is 5.11 Å². The van der Waals surface area contributed by atoms with Crippen LogP contribution in [0.25, 0.3) is 0 Å². The first-order valence-corrected chi connectivity index (χ1v) is 6.36. The van der Waals surface area contributed by atoms with Gasteiger partial charge < -0.3 is 15.3 Å². The predicted molar refractivity (Wildman–Crippen MR) is 72.2 cm³/mol. The van der Waals surface area contributed by atoms with Gasteiger partial charge in [0.25, 0.3) is 0 Å². The summed E-state index contributed by atoms with van der Waals surface area (Å²) in [7, 11) is 1.69. The Labute approximate surface area is 108 Å². The van der Waals surface area contributed by atoms with Crippen LogP contribution in [0.5, 0.6) is 0 Å². The second-order valence-electron chi connectivity index (χ2n) is 4.86. The highest BCUT2D eigenvalue weighted by Gasteiger charge is 2.23. The number of nitrogens with one attached hydrogen (secondary N) is 1. The predicted octanol–water partition coefficient (Wildman–Crippen LogP) is 1.42. The molecule has 0 saturated heterocycles. The summed E-state index contributed by atoms with van der Waals surface area (Å²) >= 11 is 0. The molecule has 1 aromatic rings. The normalized spacial score (nSPS) is 16.2. The van der Waals surface area contributed by atoms with E-state index in [1.54, 1.807) is 7.05 Å². The molecule has 2 rings (SSSR count). The van der Waals surface area contributed by atoms with Gasteiger partial charge in [-0.15, -0.1) is 0 Å². The van der Waals surface area contributed by atoms with E-state index >= 15 is 0 Å². The van der Waals surface area contributed by atoms with Crippen LogP contribution in [-0.2, 0) is 11.2 Å². The number of carbonyl (C=O) groups is 1. The van der Waals surface area contributed by atoms with Crippen LogP contribution in [0.2, 0.25) is 0 Å². The molecule has 0 bridgehead atoms. The van der Waals surface area contributed by atoms with E-state index in [0.717, 1.165) is 19.4 Å². The summed E-state index contributed by atoms with van der Waals surface area (Å²) in [6.07, 6.45) is 2.18. The van der Waals surface area contributed by atoms with Crippen molar-refractivity contribution in [2.24, 2.45) is 0 Å². The van der Waals surface area contributed by atoms with Gasteiger partial charge in [0.05, 0.1) is 0 Å². The van der Waals surface area contributed by atoms with Crippen molar-refractivity contribution >= 4 is 11.7 Å². The van der Waals surface area contributed by atoms with Crippen LogP contribution in [0.3, 0.4) is 0 Å². The van der Waals surface area contributed by atoms with Gasteiger partial charge in [0.1, 0.15) is 6.04 Å². The minimum absolute atomic E-state index is 0.516. The molecule has 0 aliphatic carbocycles. The molecule has 18 heavy (non-hydrogen) atoms. The van der Waals surface area contributed by atoms with Gasteiger partial charge in [0.15, 0.2) is 0 Å². The molecule has 1 aliphatic heterocycles. The molecule has 2 N–H and O–H groups in total. The Morgan fingerprint density at radius 3 is 3.00 bits per heavy atom. The third-order valence-electron chi connectivity index (χ3n) is 3.50. The monoisotopic (exact) mass is 248 g/mol. The number of likely N-dealkylation sites (N-methyl/N-ethyl adjacent to an activating group) is 1. The molecule has 1 unspecified atom stereocenters. The second kappa shape index (κ2) is 5.40. The topological polar surface area (TPSA) is 52.6 Å². The highest BCUT2D eigenvalue weighted by molar-refractivity contribution is 5.74. The fraction of sp³-hybridized carbons (Fsp3) is 0.500. The van der Waals surface area contributed by atoms with Crippen LogP contribution in [0.15, 0.2) is 18.2 Å². The number of aliphatic carboxylic acids is 1. The standard InChI is InChI=1S/C14H20N2O2/c1-10-5-6-13-11(8-10)4-3-7-16(13)9-12(15-2)14(17)18/h5-6,8,12,15H,3-4,7,9H2,1-2H3,(H,17,18). The third-order valence-corrected chi connectivity index (χ3v) is 3.50. The van der Waals surface area contributed by atoms with Crippen molar-refractivity contribution in [3.63, 3.8) is 0 Å². The SMILES string of the molecule is CNC(CN1CCCc2cc(C)ccc21)C(=O)O. The molecule has 98 valence electrons. The zero-order valence-corrected chi connectivity index (χ0v) is 10.9. The van der Waals surface area contributed by atoms with Crippen molar-refractivity contribution in [2.75, 3.05) is 25.0 Å². The summed E-state index contributed by atoms with van der Waals surface area (Å²) in [5, 5.41) is 12.0. The molecule has 1 atom stereocenters.